The minimum absolute atomic E-state index is 0.0169. The largest absolute Gasteiger partial charge is 0.370 e. The lowest BCUT2D eigenvalue weighted by Gasteiger charge is -2.12. The number of rotatable bonds is 7. The van der Waals surface area contributed by atoms with E-state index in [1.165, 1.54) is 11.5 Å². The van der Waals surface area contributed by atoms with Crippen LogP contribution < -0.4 is 10.6 Å². The smallest absolute Gasteiger partial charge is 0.202 e. The molecule has 0 spiro atoms. The van der Waals surface area contributed by atoms with Crippen LogP contribution in [0.2, 0.25) is 0 Å². The van der Waals surface area contributed by atoms with E-state index in [9.17, 15) is 0 Å². The maximum atomic E-state index is 4.52. The highest BCUT2D eigenvalue weighted by molar-refractivity contribution is 7.09. The lowest BCUT2D eigenvalue weighted by Crippen LogP contribution is -2.13. The van der Waals surface area contributed by atoms with Crippen molar-refractivity contribution in [3.63, 3.8) is 0 Å². The molecule has 21 heavy (non-hydrogen) atoms. The molecule has 5 nitrogen and oxygen atoms in total. The zero-order chi connectivity index (χ0) is 15.1. The van der Waals surface area contributed by atoms with Crippen LogP contribution in [0.5, 0.6) is 0 Å². The summed E-state index contributed by atoms with van der Waals surface area (Å²) < 4.78 is 4.39. The van der Waals surface area contributed by atoms with Crippen molar-refractivity contribution in [1.29, 1.82) is 0 Å². The van der Waals surface area contributed by atoms with E-state index in [1.807, 2.05) is 18.2 Å². The molecule has 114 valence electrons. The molecule has 0 bridgehead atoms. The van der Waals surface area contributed by atoms with Gasteiger partial charge in [-0.25, -0.2) is 9.97 Å². The van der Waals surface area contributed by atoms with Gasteiger partial charge >= 0.3 is 0 Å². The maximum Gasteiger partial charge on any atom is 0.202 e. The van der Waals surface area contributed by atoms with Gasteiger partial charge in [-0.3, -0.25) is 0 Å². The van der Waals surface area contributed by atoms with E-state index in [4.69, 9.17) is 0 Å². The Hall–Kier alpha value is -1.69. The number of unbranched alkanes of at least 4 members (excludes halogenated alkanes) is 1. The van der Waals surface area contributed by atoms with Crippen molar-refractivity contribution < 1.29 is 0 Å². The molecule has 2 rings (SSSR count). The summed E-state index contributed by atoms with van der Waals surface area (Å²) in [4.78, 5) is 8.74. The molecule has 0 aromatic carbocycles. The zero-order valence-electron chi connectivity index (χ0n) is 12.9. The molecule has 0 fully saturated rings. The molecular weight excluding hydrogens is 282 g/mol. The molecule has 0 saturated heterocycles. The Bertz CT molecular complexity index is 532. The lowest BCUT2D eigenvalue weighted by atomic mass is 9.96. The summed E-state index contributed by atoms with van der Waals surface area (Å²) in [6.45, 7) is 8.23. The Morgan fingerprint density at radius 1 is 1.10 bits per heavy atom. The maximum absolute atomic E-state index is 4.52. The van der Waals surface area contributed by atoms with Crippen molar-refractivity contribution in [2.75, 3.05) is 23.7 Å². The van der Waals surface area contributed by atoms with Crippen LogP contribution in [-0.4, -0.2) is 27.4 Å². The van der Waals surface area contributed by atoms with E-state index in [0.717, 1.165) is 42.7 Å². The summed E-state index contributed by atoms with van der Waals surface area (Å²) in [5, 5.41) is 7.55. The molecule has 2 heterocycles. The molecule has 2 aromatic heterocycles. The highest BCUT2D eigenvalue weighted by atomic mass is 32.1. The Balaban J connectivity index is 1.61. The SMILES string of the molecule is CC(C)(C)c1nsc(NCCCCNc2ccccn2)n1. The van der Waals surface area contributed by atoms with E-state index >= 15 is 0 Å². The van der Waals surface area contributed by atoms with Gasteiger partial charge in [-0.2, -0.15) is 4.37 Å². The van der Waals surface area contributed by atoms with Gasteiger partial charge in [-0.1, -0.05) is 26.8 Å². The van der Waals surface area contributed by atoms with Crippen molar-refractivity contribution in [3.05, 3.63) is 30.2 Å². The predicted molar refractivity (Wildman–Crippen MR) is 89.1 cm³/mol. The first-order valence-electron chi connectivity index (χ1n) is 7.29. The first kappa shape index (κ1) is 15.7. The Labute approximate surface area is 130 Å². The molecule has 0 aliphatic heterocycles. The summed E-state index contributed by atoms with van der Waals surface area (Å²) in [5.74, 6) is 1.84. The summed E-state index contributed by atoms with van der Waals surface area (Å²) in [6, 6.07) is 5.88. The van der Waals surface area contributed by atoms with Crippen LogP contribution >= 0.6 is 11.5 Å². The second-order valence-corrected chi connectivity index (χ2v) is 6.70. The second kappa shape index (κ2) is 7.36. The van der Waals surface area contributed by atoms with Gasteiger partial charge in [0.1, 0.15) is 11.6 Å². The minimum Gasteiger partial charge on any atom is -0.370 e. The lowest BCUT2D eigenvalue weighted by molar-refractivity contribution is 0.555. The van der Waals surface area contributed by atoms with Crippen LogP contribution in [0, 0.1) is 0 Å². The number of hydrogen-bond donors (Lipinski definition) is 2. The molecular formula is C15H23N5S. The van der Waals surface area contributed by atoms with Gasteiger partial charge in [0.05, 0.1) is 0 Å². The molecule has 0 unspecified atom stereocenters. The second-order valence-electron chi connectivity index (χ2n) is 5.95. The van der Waals surface area contributed by atoms with Gasteiger partial charge in [0.15, 0.2) is 0 Å². The predicted octanol–water partition coefficient (Wildman–Crippen LogP) is 3.53. The standard InChI is InChI=1S/C15H23N5S/c1-15(2,3)13-19-14(21-20-13)18-11-7-6-10-17-12-8-4-5-9-16-12/h4-5,8-9H,6-7,10-11H2,1-3H3,(H,16,17)(H,18,19,20). The van der Waals surface area contributed by atoms with E-state index in [0.29, 0.717) is 0 Å². The third-order valence-corrected chi connectivity index (χ3v) is 3.62. The highest BCUT2D eigenvalue weighted by Gasteiger charge is 2.19. The van der Waals surface area contributed by atoms with Gasteiger partial charge in [0.2, 0.25) is 5.13 Å². The number of aromatic nitrogens is 3. The van der Waals surface area contributed by atoms with Crippen LogP contribution in [0.4, 0.5) is 10.9 Å². The van der Waals surface area contributed by atoms with Gasteiger partial charge in [-0.15, -0.1) is 0 Å². The first-order valence-corrected chi connectivity index (χ1v) is 8.06. The van der Waals surface area contributed by atoms with Crippen LogP contribution in [0.1, 0.15) is 39.4 Å². The van der Waals surface area contributed by atoms with E-state index in [1.54, 1.807) is 6.20 Å². The number of nitrogens with zero attached hydrogens (tertiary/aromatic N) is 3. The Morgan fingerprint density at radius 3 is 2.48 bits per heavy atom. The summed E-state index contributed by atoms with van der Waals surface area (Å²) >= 11 is 1.44. The van der Waals surface area contributed by atoms with Gasteiger partial charge in [0, 0.05) is 36.2 Å². The quantitative estimate of drug-likeness (QED) is 0.766. The summed E-state index contributed by atoms with van der Waals surface area (Å²) in [5.41, 5.74) is 0.0169. The van der Waals surface area contributed by atoms with Crippen molar-refractivity contribution in [2.45, 2.75) is 39.0 Å². The van der Waals surface area contributed by atoms with Crippen molar-refractivity contribution >= 4 is 22.5 Å². The fourth-order valence-corrected chi connectivity index (χ4v) is 2.51. The van der Waals surface area contributed by atoms with Gasteiger partial charge < -0.3 is 10.6 Å². The summed E-state index contributed by atoms with van der Waals surface area (Å²) in [7, 11) is 0. The number of nitrogens with one attached hydrogen (secondary N) is 2. The average Bonchev–Trinajstić information content (AvgIpc) is 2.93. The first-order chi connectivity index (χ1) is 10.1. The molecule has 0 radical (unpaired) electrons. The van der Waals surface area contributed by atoms with Gasteiger partial charge in [-0.05, 0) is 25.0 Å². The van der Waals surface area contributed by atoms with E-state index in [2.05, 4.69) is 45.7 Å². The molecule has 0 aliphatic rings. The molecule has 0 amide bonds. The van der Waals surface area contributed by atoms with Crippen LogP contribution in [0.25, 0.3) is 0 Å². The van der Waals surface area contributed by atoms with Crippen molar-refractivity contribution in [1.82, 2.24) is 14.3 Å². The van der Waals surface area contributed by atoms with E-state index in [-0.39, 0.29) is 5.41 Å². The molecule has 0 saturated carbocycles. The number of pyridine rings is 1. The third-order valence-electron chi connectivity index (χ3n) is 2.95. The van der Waals surface area contributed by atoms with Gasteiger partial charge in [0.25, 0.3) is 0 Å². The molecule has 0 atom stereocenters. The molecule has 2 N–H and O–H groups in total. The fraction of sp³-hybridized carbons (Fsp3) is 0.533. The van der Waals surface area contributed by atoms with Crippen LogP contribution in [0.3, 0.4) is 0 Å². The normalized spacial score (nSPS) is 11.4. The topological polar surface area (TPSA) is 62.7 Å². The molecule has 2 aromatic rings. The van der Waals surface area contributed by atoms with Crippen LogP contribution in [-0.2, 0) is 5.41 Å². The third kappa shape index (κ3) is 5.30. The fourth-order valence-electron chi connectivity index (χ4n) is 1.73. The average molecular weight is 305 g/mol. The van der Waals surface area contributed by atoms with Crippen LogP contribution in [0.15, 0.2) is 24.4 Å². The number of hydrogen-bond acceptors (Lipinski definition) is 6. The minimum atomic E-state index is 0.0169. The monoisotopic (exact) mass is 305 g/mol. The Kier molecular flexibility index (Phi) is 5.50. The summed E-state index contributed by atoms with van der Waals surface area (Å²) in [6.07, 6.45) is 3.98. The highest BCUT2D eigenvalue weighted by Crippen LogP contribution is 2.22. The Morgan fingerprint density at radius 2 is 1.86 bits per heavy atom. The zero-order valence-corrected chi connectivity index (χ0v) is 13.7. The number of anilines is 2. The molecule has 6 heteroatoms. The molecule has 0 aliphatic carbocycles. The van der Waals surface area contributed by atoms with E-state index < -0.39 is 0 Å². The van der Waals surface area contributed by atoms with Crippen molar-refractivity contribution in [3.8, 4) is 0 Å². The van der Waals surface area contributed by atoms with Crippen molar-refractivity contribution in [2.24, 2.45) is 0 Å².